The fourth-order valence-electron chi connectivity index (χ4n) is 10.8. The van der Waals surface area contributed by atoms with Gasteiger partial charge in [0.05, 0.1) is 33.1 Å². The van der Waals surface area contributed by atoms with E-state index in [-0.39, 0.29) is 6.71 Å². The highest BCUT2D eigenvalue weighted by molar-refractivity contribution is 7.00. The molecular weight excluding hydrogens is 653 g/mol. The molecule has 3 aromatic heterocycles. The number of aromatic nitrogens is 3. The quantitative estimate of drug-likeness (QED) is 0.121. The summed E-state index contributed by atoms with van der Waals surface area (Å²) in [5.74, 6) is 0. The zero-order valence-electron chi connectivity index (χ0n) is 29.1. The molecule has 3 nitrogen and oxygen atoms in total. The van der Waals surface area contributed by atoms with Crippen LogP contribution < -0.4 is 16.4 Å². The van der Waals surface area contributed by atoms with Crippen molar-refractivity contribution in [2.75, 3.05) is 0 Å². The summed E-state index contributed by atoms with van der Waals surface area (Å²) < 4.78 is 7.67. The monoisotopic (exact) mass is 681 g/mol. The minimum Gasteiger partial charge on any atom is -0.310 e. The first kappa shape index (κ1) is 27.6. The van der Waals surface area contributed by atoms with Gasteiger partial charge in [0.1, 0.15) is 0 Å². The summed E-state index contributed by atoms with van der Waals surface area (Å²) in [6, 6.07) is 63.7. The average molecular weight is 682 g/mol. The van der Waals surface area contributed by atoms with Crippen molar-refractivity contribution >= 4 is 110 Å². The standard InChI is InChI=1S/C50H28BN3/c1-2-14-30(15-3-1)52-39-20-9-7-18-34(39)46-44(52)28-38-50-47(46)35-19-8-11-22-41(35)54(50)43-24-12-23-42-48(43)51(38)37-27-36-31-16-5-4-13-29(31)25-26-32(36)45-33-17-6-10-21-40(33)53(42)49(37)45/h1-28H. The molecule has 0 atom stereocenters. The van der Waals surface area contributed by atoms with Crippen LogP contribution in [0, 0.1) is 0 Å². The lowest BCUT2D eigenvalue weighted by atomic mass is 9.34. The Morgan fingerprint density at radius 2 is 0.889 bits per heavy atom. The molecule has 0 saturated carbocycles. The minimum absolute atomic E-state index is 0.0322. The Hall–Kier alpha value is -7.04. The van der Waals surface area contributed by atoms with Crippen LogP contribution in [0.3, 0.4) is 0 Å². The second kappa shape index (κ2) is 9.49. The van der Waals surface area contributed by atoms with Gasteiger partial charge in [0, 0.05) is 49.4 Å². The van der Waals surface area contributed by atoms with Gasteiger partial charge in [-0.15, -0.1) is 0 Å². The van der Waals surface area contributed by atoms with E-state index in [4.69, 9.17) is 0 Å². The van der Waals surface area contributed by atoms with Gasteiger partial charge in [0.25, 0.3) is 6.71 Å². The van der Waals surface area contributed by atoms with Crippen LogP contribution in [0.2, 0.25) is 0 Å². The number of rotatable bonds is 1. The van der Waals surface area contributed by atoms with E-state index >= 15 is 0 Å². The van der Waals surface area contributed by atoms with Crippen molar-refractivity contribution in [1.82, 2.24) is 13.7 Å². The first-order valence-electron chi connectivity index (χ1n) is 18.9. The summed E-state index contributed by atoms with van der Waals surface area (Å²) in [4.78, 5) is 0. The second-order valence-electron chi connectivity index (χ2n) is 15.2. The molecule has 4 heteroatoms. The molecule has 0 amide bonds. The Labute approximate surface area is 309 Å². The molecule has 2 aliphatic rings. The molecule has 12 aromatic rings. The molecule has 9 aromatic carbocycles. The lowest BCUT2D eigenvalue weighted by molar-refractivity contribution is 1.14. The number of nitrogens with zero attached hydrogens (tertiary/aromatic N) is 3. The SMILES string of the molecule is c1ccc(-n2c3ccccc3c3c4c5ccccc5n5c4c(cc32)B2c3c(cccc3-5)-n3c4ccccc4c4c5ccc6ccccc6c5cc2c43)cc1. The van der Waals surface area contributed by atoms with Crippen molar-refractivity contribution in [2.45, 2.75) is 0 Å². The molecule has 14 rings (SSSR count). The molecule has 0 fully saturated rings. The van der Waals surface area contributed by atoms with E-state index in [0.29, 0.717) is 0 Å². The lowest BCUT2D eigenvalue weighted by Gasteiger charge is -2.34. The van der Waals surface area contributed by atoms with E-state index in [1.54, 1.807) is 0 Å². The number of hydrogen-bond donors (Lipinski definition) is 0. The van der Waals surface area contributed by atoms with Crippen molar-refractivity contribution in [2.24, 2.45) is 0 Å². The van der Waals surface area contributed by atoms with Crippen LogP contribution in [-0.4, -0.2) is 20.4 Å². The lowest BCUT2D eigenvalue weighted by Crippen LogP contribution is -2.59. The van der Waals surface area contributed by atoms with Gasteiger partial charge in [0.2, 0.25) is 0 Å². The Morgan fingerprint density at radius 3 is 1.61 bits per heavy atom. The van der Waals surface area contributed by atoms with Gasteiger partial charge in [-0.25, -0.2) is 0 Å². The van der Waals surface area contributed by atoms with Crippen molar-refractivity contribution in [3.63, 3.8) is 0 Å². The summed E-state index contributed by atoms with van der Waals surface area (Å²) in [7, 11) is 0. The summed E-state index contributed by atoms with van der Waals surface area (Å²) in [5, 5.41) is 13.1. The summed E-state index contributed by atoms with van der Waals surface area (Å²) in [5.41, 5.74) is 15.5. The van der Waals surface area contributed by atoms with Gasteiger partial charge in [0.15, 0.2) is 0 Å². The van der Waals surface area contributed by atoms with Gasteiger partial charge in [-0.3, -0.25) is 0 Å². The molecule has 54 heavy (non-hydrogen) atoms. The number of para-hydroxylation sites is 4. The van der Waals surface area contributed by atoms with Crippen LogP contribution in [0.5, 0.6) is 0 Å². The molecule has 0 N–H and O–H groups in total. The topological polar surface area (TPSA) is 14.8 Å². The van der Waals surface area contributed by atoms with E-state index in [0.717, 1.165) is 0 Å². The molecule has 0 bridgehead atoms. The molecule has 0 spiro atoms. The maximum Gasteiger partial charge on any atom is 0.252 e. The Kier molecular flexibility index (Phi) is 4.85. The minimum atomic E-state index is 0.0322. The molecular formula is C50H28BN3. The maximum atomic E-state index is 2.59. The Morgan fingerprint density at radius 1 is 0.333 bits per heavy atom. The predicted molar refractivity (Wildman–Crippen MR) is 229 cm³/mol. The van der Waals surface area contributed by atoms with E-state index in [2.05, 4.69) is 184 Å². The number of fused-ring (bicyclic) bond motifs is 18. The zero-order valence-corrected chi connectivity index (χ0v) is 29.1. The van der Waals surface area contributed by atoms with E-state index < -0.39 is 0 Å². The molecule has 0 saturated heterocycles. The zero-order chi connectivity index (χ0) is 34.8. The third-order valence-corrected chi connectivity index (χ3v) is 12.8. The van der Waals surface area contributed by atoms with Crippen LogP contribution in [0.15, 0.2) is 170 Å². The molecule has 0 unspecified atom stereocenters. The summed E-state index contributed by atoms with van der Waals surface area (Å²) >= 11 is 0. The van der Waals surface area contributed by atoms with Crippen molar-refractivity contribution in [3.8, 4) is 17.1 Å². The molecule has 0 radical (unpaired) electrons. The number of benzene rings is 9. The van der Waals surface area contributed by atoms with Gasteiger partial charge < -0.3 is 13.7 Å². The maximum absolute atomic E-state index is 2.59. The van der Waals surface area contributed by atoms with Crippen molar-refractivity contribution in [1.29, 1.82) is 0 Å². The van der Waals surface area contributed by atoms with Crippen molar-refractivity contribution in [3.05, 3.63) is 170 Å². The average Bonchev–Trinajstić information content (AvgIpc) is 3.88. The van der Waals surface area contributed by atoms with Crippen LogP contribution >= 0.6 is 0 Å². The predicted octanol–water partition coefficient (Wildman–Crippen LogP) is 10.4. The Bertz CT molecular complexity index is 3670. The molecule has 246 valence electrons. The fraction of sp³-hybridized carbons (Fsp3) is 0. The normalized spacial score (nSPS) is 13.1. The van der Waals surface area contributed by atoms with E-state index in [9.17, 15) is 0 Å². The van der Waals surface area contributed by atoms with Crippen LogP contribution in [0.25, 0.3) is 104 Å². The first-order valence-corrected chi connectivity index (χ1v) is 18.9. The second-order valence-corrected chi connectivity index (χ2v) is 15.2. The smallest absolute Gasteiger partial charge is 0.252 e. The van der Waals surface area contributed by atoms with Gasteiger partial charge in [-0.05, 0) is 86.5 Å². The highest BCUT2D eigenvalue weighted by Gasteiger charge is 2.42. The highest BCUT2D eigenvalue weighted by atomic mass is 15.0. The van der Waals surface area contributed by atoms with Crippen LogP contribution in [0.4, 0.5) is 0 Å². The van der Waals surface area contributed by atoms with Gasteiger partial charge in [-0.1, -0.05) is 121 Å². The highest BCUT2D eigenvalue weighted by Crippen LogP contribution is 2.45. The molecule has 2 aliphatic heterocycles. The van der Waals surface area contributed by atoms with E-state index in [1.807, 2.05) is 0 Å². The summed E-state index contributed by atoms with van der Waals surface area (Å²) in [6.07, 6.45) is 0. The van der Waals surface area contributed by atoms with Crippen LogP contribution in [-0.2, 0) is 0 Å². The van der Waals surface area contributed by atoms with Gasteiger partial charge in [-0.2, -0.15) is 0 Å². The van der Waals surface area contributed by atoms with Crippen LogP contribution in [0.1, 0.15) is 0 Å². The first-order chi connectivity index (χ1) is 26.8. The largest absolute Gasteiger partial charge is 0.310 e. The number of hydrogen-bond acceptors (Lipinski definition) is 0. The third-order valence-electron chi connectivity index (χ3n) is 12.8. The van der Waals surface area contributed by atoms with E-state index in [1.165, 1.54) is 120 Å². The van der Waals surface area contributed by atoms with Crippen molar-refractivity contribution < 1.29 is 0 Å². The molecule has 0 aliphatic carbocycles. The van der Waals surface area contributed by atoms with Gasteiger partial charge >= 0.3 is 0 Å². The summed E-state index contributed by atoms with van der Waals surface area (Å²) in [6.45, 7) is 0.0322. The Balaban J connectivity index is 1.27. The third kappa shape index (κ3) is 3.08. The fourth-order valence-corrected chi connectivity index (χ4v) is 10.8. The molecule has 5 heterocycles.